The normalized spacial score (nSPS) is 13.6. The van der Waals surface area contributed by atoms with Crippen molar-refractivity contribution in [3.05, 3.63) is 51.8 Å². The van der Waals surface area contributed by atoms with Crippen molar-refractivity contribution >= 4 is 23.4 Å². The minimum Gasteiger partial charge on any atom is -0.351 e. The molecule has 26 heavy (non-hydrogen) atoms. The zero-order valence-corrected chi connectivity index (χ0v) is 15.8. The molecule has 2 amide bonds. The molecule has 0 saturated heterocycles. The van der Waals surface area contributed by atoms with Crippen LogP contribution in [-0.2, 0) is 13.0 Å². The van der Waals surface area contributed by atoms with E-state index < -0.39 is 0 Å². The van der Waals surface area contributed by atoms with E-state index in [-0.39, 0.29) is 11.8 Å². The van der Waals surface area contributed by atoms with Gasteiger partial charge in [-0.1, -0.05) is 37.6 Å². The molecule has 2 aromatic rings. The van der Waals surface area contributed by atoms with Gasteiger partial charge in [0.15, 0.2) is 5.69 Å². The Kier molecular flexibility index (Phi) is 5.61. The largest absolute Gasteiger partial charge is 0.351 e. The van der Waals surface area contributed by atoms with E-state index in [1.54, 1.807) is 29.2 Å². The van der Waals surface area contributed by atoms with Gasteiger partial charge < -0.3 is 10.2 Å². The third-order valence-electron chi connectivity index (χ3n) is 4.55. The van der Waals surface area contributed by atoms with Gasteiger partial charge >= 0.3 is 0 Å². The number of nitrogens with zero attached hydrogens (tertiary/aromatic N) is 2. The number of halogens is 1. The quantitative estimate of drug-likeness (QED) is 0.844. The van der Waals surface area contributed by atoms with Gasteiger partial charge in [-0.15, -0.1) is 0 Å². The van der Waals surface area contributed by atoms with Crippen LogP contribution in [0.1, 0.15) is 52.4 Å². The molecular formula is C19H23ClN4O2. The summed E-state index contributed by atoms with van der Waals surface area (Å²) >= 11 is 6.15. The highest BCUT2D eigenvalue weighted by atomic mass is 35.5. The van der Waals surface area contributed by atoms with Gasteiger partial charge in [0.25, 0.3) is 11.8 Å². The molecule has 0 saturated carbocycles. The van der Waals surface area contributed by atoms with Crippen molar-refractivity contribution in [3.8, 4) is 0 Å². The average molecular weight is 375 g/mol. The summed E-state index contributed by atoms with van der Waals surface area (Å²) in [6.45, 7) is 5.75. The molecule has 138 valence electrons. The zero-order chi connectivity index (χ0) is 18.7. The summed E-state index contributed by atoms with van der Waals surface area (Å²) in [7, 11) is 0. The second-order valence-electron chi connectivity index (χ2n) is 6.92. The number of rotatable bonds is 5. The first-order chi connectivity index (χ1) is 12.5. The fourth-order valence-electron chi connectivity index (χ4n) is 3.02. The van der Waals surface area contributed by atoms with E-state index in [9.17, 15) is 9.59 Å². The Hall–Kier alpha value is -2.34. The zero-order valence-electron chi connectivity index (χ0n) is 15.0. The summed E-state index contributed by atoms with van der Waals surface area (Å²) in [5, 5.41) is 10.5. The maximum atomic E-state index is 12.8. The standard InChI is InChI=1S/C19H23ClN4O2/c1-12(2)7-9-21-18(25)17-14-11-24(10-8-16(14)22-23-17)19(26)13-5-3-4-6-15(13)20/h3-6,12H,7-11H2,1-2H3,(H,21,25)(H,22,23). The molecule has 3 rings (SSSR count). The molecule has 0 unspecified atom stereocenters. The number of hydrogen-bond acceptors (Lipinski definition) is 3. The molecule has 1 aromatic carbocycles. The van der Waals surface area contributed by atoms with E-state index in [1.807, 2.05) is 0 Å². The molecule has 6 nitrogen and oxygen atoms in total. The van der Waals surface area contributed by atoms with Gasteiger partial charge in [-0.2, -0.15) is 5.10 Å². The lowest BCUT2D eigenvalue weighted by atomic mass is 10.0. The summed E-state index contributed by atoms with van der Waals surface area (Å²) in [5.41, 5.74) is 2.56. The van der Waals surface area contributed by atoms with Crippen LogP contribution in [0.4, 0.5) is 0 Å². The van der Waals surface area contributed by atoms with Gasteiger partial charge in [-0.05, 0) is 24.5 Å². The van der Waals surface area contributed by atoms with Gasteiger partial charge in [0.2, 0.25) is 0 Å². The molecule has 1 aliphatic rings. The van der Waals surface area contributed by atoms with Crippen molar-refractivity contribution < 1.29 is 9.59 Å². The van der Waals surface area contributed by atoms with E-state index in [4.69, 9.17) is 11.6 Å². The predicted octanol–water partition coefficient (Wildman–Crippen LogP) is 3.04. The molecule has 2 N–H and O–H groups in total. The van der Waals surface area contributed by atoms with Crippen LogP contribution in [0.15, 0.2) is 24.3 Å². The highest BCUT2D eigenvalue weighted by Crippen LogP contribution is 2.24. The molecule has 0 aliphatic carbocycles. The topological polar surface area (TPSA) is 78.1 Å². The Bertz CT molecular complexity index is 816. The average Bonchev–Trinajstić information content (AvgIpc) is 3.04. The summed E-state index contributed by atoms with van der Waals surface area (Å²) in [6.07, 6.45) is 1.55. The van der Waals surface area contributed by atoms with Crippen molar-refractivity contribution in [3.63, 3.8) is 0 Å². The summed E-state index contributed by atoms with van der Waals surface area (Å²) < 4.78 is 0. The Morgan fingerprint density at radius 3 is 2.85 bits per heavy atom. The van der Waals surface area contributed by atoms with Crippen LogP contribution >= 0.6 is 11.6 Å². The minimum absolute atomic E-state index is 0.131. The number of hydrogen-bond donors (Lipinski definition) is 2. The van der Waals surface area contributed by atoms with E-state index in [2.05, 4.69) is 29.4 Å². The van der Waals surface area contributed by atoms with E-state index in [0.29, 0.717) is 48.3 Å². The van der Waals surface area contributed by atoms with Gasteiger partial charge in [-0.3, -0.25) is 14.7 Å². The lowest BCUT2D eigenvalue weighted by Gasteiger charge is -2.27. The van der Waals surface area contributed by atoms with Crippen LogP contribution in [0.25, 0.3) is 0 Å². The Labute approximate surface area is 157 Å². The van der Waals surface area contributed by atoms with Crippen molar-refractivity contribution in [1.82, 2.24) is 20.4 Å². The lowest BCUT2D eigenvalue weighted by Crippen LogP contribution is -2.37. The monoisotopic (exact) mass is 374 g/mol. The highest BCUT2D eigenvalue weighted by Gasteiger charge is 2.28. The second kappa shape index (κ2) is 7.91. The van der Waals surface area contributed by atoms with Crippen molar-refractivity contribution in [2.75, 3.05) is 13.1 Å². The SMILES string of the molecule is CC(C)CCNC(=O)c1n[nH]c2c1CN(C(=O)c1ccccc1Cl)CC2. The molecule has 1 aliphatic heterocycles. The molecule has 1 aromatic heterocycles. The van der Waals surface area contributed by atoms with Crippen LogP contribution in [0, 0.1) is 5.92 Å². The number of aromatic amines is 1. The van der Waals surface area contributed by atoms with E-state index >= 15 is 0 Å². The smallest absolute Gasteiger partial charge is 0.272 e. The Balaban J connectivity index is 1.74. The van der Waals surface area contributed by atoms with Gasteiger partial charge in [-0.25, -0.2) is 0 Å². The van der Waals surface area contributed by atoms with Crippen molar-refractivity contribution in [2.45, 2.75) is 33.2 Å². The van der Waals surface area contributed by atoms with Crippen molar-refractivity contribution in [1.29, 1.82) is 0 Å². The van der Waals surface area contributed by atoms with E-state index in [0.717, 1.165) is 17.7 Å². The third-order valence-corrected chi connectivity index (χ3v) is 4.88. The van der Waals surface area contributed by atoms with Crippen LogP contribution in [0.3, 0.4) is 0 Å². The highest BCUT2D eigenvalue weighted by molar-refractivity contribution is 6.33. The maximum absolute atomic E-state index is 12.8. The fraction of sp³-hybridized carbons (Fsp3) is 0.421. The molecule has 2 heterocycles. The first kappa shape index (κ1) is 18.5. The molecule has 7 heteroatoms. The first-order valence-electron chi connectivity index (χ1n) is 8.85. The van der Waals surface area contributed by atoms with Crippen LogP contribution in [0.5, 0.6) is 0 Å². The second-order valence-corrected chi connectivity index (χ2v) is 7.33. The molecule has 0 fully saturated rings. The molecular weight excluding hydrogens is 352 g/mol. The van der Waals surface area contributed by atoms with Gasteiger partial charge in [0, 0.05) is 30.8 Å². The van der Waals surface area contributed by atoms with Gasteiger partial charge in [0.05, 0.1) is 17.1 Å². The molecule has 0 atom stereocenters. The molecule has 0 radical (unpaired) electrons. The first-order valence-corrected chi connectivity index (χ1v) is 9.23. The number of amides is 2. The molecule has 0 bridgehead atoms. The molecule has 0 spiro atoms. The lowest BCUT2D eigenvalue weighted by molar-refractivity contribution is 0.0731. The number of nitrogens with one attached hydrogen (secondary N) is 2. The number of H-pyrrole nitrogens is 1. The third kappa shape index (κ3) is 3.90. The van der Waals surface area contributed by atoms with Crippen LogP contribution in [0.2, 0.25) is 5.02 Å². The van der Waals surface area contributed by atoms with Crippen LogP contribution < -0.4 is 5.32 Å². The fourth-order valence-corrected chi connectivity index (χ4v) is 3.24. The summed E-state index contributed by atoms with van der Waals surface area (Å²) in [5.74, 6) is 0.191. The summed E-state index contributed by atoms with van der Waals surface area (Å²) in [4.78, 5) is 26.9. The van der Waals surface area contributed by atoms with Gasteiger partial charge in [0.1, 0.15) is 0 Å². The maximum Gasteiger partial charge on any atom is 0.272 e. The number of carbonyl (C=O) groups excluding carboxylic acids is 2. The number of aromatic nitrogens is 2. The van der Waals surface area contributed by atoms with E-state index in [1.165, 1.54) is 0 Å². The predicted molar refractivity (Wildman–Crippen MR) is 100 cm³/mol. The Morgan fingerprint density at radius 2 is 2.12 bits per heavy atom. The minimum atomic E-state index is -0.199. The number of benzene rings is 1. The van der Waals surface area contributed by atoms with Crippen LogP contribution in [-0.4, -0.2) is 40.0 Å². The Morgan fingerprint density at radius 1 is 1.35 bits per heavy atom. The summed E-state index contributed by atoms with van der Waals surface area (Å²) in [6, 6.07) is 7.01. The van der Waals surface area contributed by atoms with Crippen molar-refractivity contribution in [2.24, 2.45) is 5.92 Å². The number of fused-ring (bicyclic) bond motifs is 1. The number of carbonyl (C=O) groups is 2.